The van der Waals surface area contributed by atoms with Crippen LogP contribution in [0.4, 0.5) is 0 Å². The molecule has 1 amide bonds. The van der Waals surface area contributed by atoms with Crippen LogP contribution < -0.4 is 25.6 Å². The maximum Gasteiger partial charge on any atom is 0.341 e. The third-order valence-corrected chi connectivity index (χ3v) is 13.6. The van der Waals surface area contributed by atoms with Crippen LogP contribution in [0.2, 0.25) is 0 Å². The first-order valence-electron chi connectivity index (χ1n) is 22.5. The van der Waals surface area contributed by atoms with E-state index >= 15 is 0 Å². The van der Waals surface area contributed by atoms with Gasteiger partial charge in [0.1, 0.15) is 23.3 Å². The maximum absolute atomic E-state index is 13.3. The molecule has 2 spiro atoms. The Morgan fingerprint density at radius 3 is 1.47 bits per heavy atom. The smallest absolute Gasteiger partial charge is 0.341 e. The van der Waals surface area contributed by atoms with Crippen molar-refractivity contribution in [2.45, 2.75) is 64.8 Å². The number of carbonyl (C=O) groups excluding carboxylic acids is 1. The fraction of sp³-hybridized carbons (Fsp3) is 0.400. The molecule has 0 radical (unpaired) electrons. The summed E-state index contributed by atoms with van der Waals surface area (Å²) >= 11 is 0. The molecule has 4 fully saturated rings. The third kappa shape index (κ3) is 8.45. The van der Waals surface area contributed by atoms with Gasteiger partial charge in [0.05, 0.1) is 66.0 Å². The molecule has 0 unspecified atom stereocenters. The largest absolute Gasteiger partial charge is 0.477 e. The average molecular weight is 899 g/mol. The summed E-state index contributed by atoms with van der Waals surface area (Å²) in [6, 6.07) is 19.8. The first-order valence-corrected chi connectivity index (χ1v) is 22.5. The fourth-order valence-electron chi connectivity index (χ4n) is 9.76. The van der Waals surface area contributed by atoms with E-state index in [9.17, 15) is 24.3 Å². The van der Waals surface area contributed by atoms with Crippen LogP contribution >= 0.6 is 0 Å². The number of aromatic carboxylic acids is 1. The number of likely N-dealkylation sites (tertiary alicyclic amines) is 1. The highest BCUT2D eigenvalue weighted by atomic mass is 16.5. The molecule has 4 aliphatic heterocycles. The quantitative estimate of drug-likeness (QED) is 0.223. The molecule has 0 saturated carbocycles. The van der Waals surface area contributed by atoms with Gasteiger partial charge in [0.25, 0.3) is 5.91 Å². The molecule has 4 N–H and O–H groups in total. The number of carbonyl (C=O) groups is 2. The van der Waals surface area contributed by atoms with Crippen molar-refractivity contribution in [2.75, 3.05) is 52.6 Å². The van der Waals surface area contributed by atoms with Gasteiger partial charge in [-0.15, -0.1) is 0 Å². The van der Waals surface area contributed by atoms with Crippen molar-refractivity contribution in [3.63, 3.8) is 0 Å². The van der Waals surface area contributed by atoms with Crippen LogP contribution in [-0.4, -0.2) is 111 Å². The summed E-state index contributed by atoms with van der Waals surface area (Å²) in [5.41, 5.74) is 6.34. The normalized spacial score (nSPS) is 18.2. The average Bonchev–Trinajstić information content (AvgIpc) is 3.85. The van der Waals surface area contributed by atoms with E-state index < -0.39 is 11.4 Å². The Labute approximate surface area is 380 Å². The highest BCUT2D eigenvalue weighted by molar-refractivity contribution is 5.98. The number of hydrogen-bond acceptors (Lipinski definition) is 11. The summed E-state index contributed by atoms with van der Waals surface area (Å²) < 4.78 is 26.1. The van der Waals surface area contributed by atoms with E-state index in [1.807, 2.05) is 42.7 Å². The number of fused-ring (bicyclic) bond motifs is 4. The van der Waals surface area contributed by atoms with Crippen LogP contribution in [0.25, 0.3) is 21.8 Å². The molecule has 6 aromatic rings. The molecule has 66 heavy (non-hydrogen) atoms. The van der Waals surface area contributed by atoms with Crippen molar-refractivity contribution < 1.29 is 39.1 Å². The molecule has 6 aliphatic rings. The molecule has 0 bridgehead atoms. The number of aryl methyl sites for hydroxylation is 2. The number of amides is 1. The topological polar surface area (TPSA) is 208 Å². The molecule has 16 nitrogen and oxygen atoms in total. The van der Waals surface area contributed by atoms with Crippen molar-refractivity contribution >= 4 is 33.7 Å². The number of aromatic nitrogens is 4. The van der Waals surface area contributed by atoms with Crippen LogP contribution in [0.3, 0.4) is 0 Å². The Hall–Kier alpha value is -6.46. The predicted octanol–water partition coefficient (Wildman–Crippen LogP) is 3.88. The minimum absolute atomic E-state index is 0. The minimum atomic E-state index is -1.23. The highest BCUT2D eigenvalue weighted by Gasteiger charge is 2.51. The molecule has 0 atom stereocenters. The zero-order chi connectivity index (χ0) is 44.9. The minimum Gasteiger partial charge on any atom is -0.477 e. The Balaban J connectivity index is 0.000000144. The Morgan fingerprint density at radius 1 is 0.697 bits per heavy atom. The monoisotopic (exact) mass is 898 g/mol. The first kappa shape index (κ1) is 44.7. The number of carboxylic acids is 1. The molecule has 2 aliphatic carbocycles. The molecule has 4 aromatic heterocycles. The number of rotatable bonds is 8. The van der Waals surface area contributed by atoms with Gasteiger partial charge in [-0.25, -0.2) is 14.8 Å². The molecule has 12 rings (SSSR count). The number of carboxylic acid groups (broad SMARTS) is 1. The van der Waals surface area contributed by atoms with E-state index in [1.165, 1.54) is 41.5 Å². The summed E-state index contributed by atoms with van der Waals surface area (Å²) in [6.45, 7) is 12.1. The lowest BCUT2D eigenvalue weighted by Gasteiger charge is -2.54. The maximum atomic E-state index is 13.3. The lowest BCUT2D eigenvalue weighted by atomic mass is 9.78. The van der Waals surface area contributed by atoms with Crippen LogP contribution in [0.15, 0.2) is 95.0 Å². The molecular formula is C50H54N6O10. The second-order valence-electron chi connectivity index (χ2n) is 18.3. The van der Waals surface area contributed by atoms with E-state index in [0.29, 0.717) is 78.4 Å². The first-order chi connectivity index (χ1) is 31.5. The van der Waals surface area contributed by atoms with Gasteiger partial charge in [-0.3, -0.25) is 14.4 Å². The zero-order valence-corrected chi connectivity index (χ0v) is 37.1. The highest BCUT2D eigenvalue weighted by Crippen LogP contribution is 2.38. The summed E-state index contributed by atoms with van der Waals surface area (Å²) in [5, 5.41) is 13.3. The van der Waals surface area contributed by atoms with E-state index in [4.69, 9.17) is 18.9 Å². The van der Waals surface area contributed by atoms with Gasteiger partial charge >= 0.3 is 5.97 Å². The SMILES string of the molecule is C1NCC12COC2.CCn1cc(C(=O)N2CC3(COC3)C2)c(=O)c2cc(OC3Cc4ccccc4C3)ncc21.CCn1cc(C(=O)O)c(=O)c2cc(OC3Cc4ccccc4C3)ncc21.O. The molecule has 344 valence electrons. The summed E-state index contributed by atoms with van der Waals surface area (Å²) in [4.78, 5) is 60.9. The second kappa shape index (κ2) is 18.1. The van der Waals surface area contributed by atoms with Gasteiger partial charge in [0.15, 0.2) is 0 Å². The number of nitrogens with zero attached hydrogens (tertiary/aromatic N) is 5. The van der Waals surface area contributed by atoms with E-state index in [1.54, 1.807) is 40.2 Å². The van der Waals surface area contributed by atoms with Gasteiger partial charge in [0, 0.05) is 94.9 Å². The van der Waals surface area contributed by atoms with Crippen molar-refractivity contribution in [3.05, 3.63) is 139 Å². The standard InChI is InChI=1S/C25H25N3O4.C20H18N2O4.C5H9NO.H2O/c1-2-27-11-20(24(30)28-12-25(13-28)14-31-15-25)23(29)19-9-22(26-10-21(19)27)32-18-7-16-5-3-4-6-17(16)8-18;1-2-22-11-16(20(24)25)19(23)15-9-18(21-10-17(15)22)26-14-7-12-5-3-4-6-13(12)8-14;1-5(2-6-1)3-7-4-5;/h3-6,9-11,18H,2,7-8,12-15H2,1H3;3-6,9-11,14H,2,7-8H2,1H3,(H,24,25);6H,1-4H2;1H2. The van der Waals surface area contributed by atoms with Crippen LogP contribution in [0.5, 0.6) is 11.8 Å². The fourth-order valence-corrected chi connectivity index (χ4v) is 9.76. The van der Waals surface area contributed by atoms with Gasteiger partial charge in [0.2, 0.25) is 22.6 Å². The number of ether oxygens (including phenoxy) is 4. The summed E-state index contributed by atoms with van der Waals surface area (Å²) in [7, 11) is 0. The Morgan fingerprint density at radius 2 is 1.12 bits per heavy atom. The van der Waals surface area contributed by atoms with Gasteiger partial charge in [-0.2, -0.15) is 0 Å². The summed E-state index contributed by atoms with van der Waals surface area (Å²) in [5.74, 6) is -0.668. The third-order valence-electron chi connectivity index (χ3n) is 13.6. The van der Waals surface area contributed by atoms with Crippen molar-refractivity contribution in [3.8, 4) is 11.8 Å². The molecular weight excluding hydrogens is 845 g/mol. The number of nitrogens with one attached hydrogen (secondary N) is 1. The van der Waals surface area contributed by atoms with Crippen molar-refractivity contribution in [1.29, 1.82) is 0 Å². The predicted molar refractivity (Wildman–Crippen MR) is 246 cm³/mol. The van der Waals surface area contributed by atoms with Crippen molar-refractivity contribution in [1.82, 2.24) is 29.3 Å². The van der Waals surface area contributed by atoms with E-state index in [-0.39, 0.29) is 45.6 Å². The van der Waals surface area contributed by atoms with E-state index in [0.717, 1.165) is 38.9 Å². The lowest BCUT2D eigenvalue weighted by molar-refractivity contribution is -0.176. The number of pyridine rings is 4. The zero-order valence-electron chi connectivity index (χ0n) is 37.1. The number of hydrogen-bond donors (Lipinski definition) is 2. The lowest BCUT2D eigenvalue weighted by Crippen LogP contribution is -2.67. The van der Waals surface area contributed by atoms with Crippen LogP contribution in [0, 0.1) is 10.8 Å². The second-order valence-corrected chi connectivity index (χ2v) is 18.3. The molecule has 4 saturated heterocycles. The van der Waals surface area contributed by atoms with Gasteiger partial charge in [-0.05, 0) is 36.1 Å². The molecule has 8 heterocycles. The number of benzene rings is 2. The van der Waals surface area contributed by atoms with Gasteiger partial charge in [-0.1, -0.05) is 48.5 Å². The van der Waals surface area contributed by atoms with Crippen LogP contribution in [0.1, 0.15) is 56.8 Å². The van der Waals surface area contributed by atoms with Gasteiger partial charge < -0.3 is 48.9 Å². The van der Waals surface area contributed by atoms with Crippen LogP contribution in [-0.2, 0) is 48.2 Å². The Bertz CT molecular complexity index is 2880. The molecule has 2 aromatic carbocycles. The van der Waals surface area contributed by atoms with E-state index in [2.05, 4.69) is 39.6 Å². The van der Waals surface area contributed by atoms with Crippen molar-refractivity contribution in [2.24, 2.45) is 10.8 Å². The summed E-state index contributed by atoms with van der Waals surface area (Å²) in [6.07, 6.45) is 9.50. The molecule has 16 heteroatoms. The Kier molecular flexibility index (Phi) is 12.3.